The minimum atomic E-state index is -0.716. The topological polar surface area (TPSA) is 68.0 Å². The Labute approximate surface area is 154 Å². The van der Waals surface area contributed by atoms with Gasteiger partial charge in [-0.3, -0.25) is 10.2 Å². The highest BCUT2D eigenvalue weighted by molar-refractivity contribution is 5.91. The molecule has 0 aliphatic rings. The number of hydrogen-bond acceptors (Lipinski definition) is 4. The van der Waals surface area contributed by atoms with Crippen LogP contribution in [-0.4, -0.2) is 22.3 Å². The summed E-state index contributed by atoms with van der Waals surface area (Å²) >= 11 is 0. The molecule has 138 valence electrons. The van der Waals surface area contributed by atoms with E-state index in [-0.39, 0.29) is 29.3 Å². The van der Waals surface area contributed by atoms with Crippen molar-refractivity contribution >= 4 is 5.90 Å². The second-order valence-electron chi connectivity index (χ2n) is 5.84. The maximum absolute atomic E-state index is 13.5. The molecule has 0 aliphatic heterocycles. The average molecular weight is 369 g/mol. The van der Waals surface area contributed by atoms with Crippen molar-refractivity contribution in [1.29, 1.82) is 5.41 Å². The number of nitrogens with one attached hydrogen (secondary N) is 1. The standard InChI is InChI=1S/C20H17F2N3O2/c1-2-27-20(23)14-5-3-4-13(8-14)12-25-19(26)7-6-18(24-25)15-9-16(21)11-17(22)10-15/h3-11,23H,2,12H2,1H3. The number of rotatable bonds is 5. The first-order chi connectivity index (χ1) is 13.0. The molecule has 0 spiro atoms. The Kier molecular flexibility index (Phi) is 5.40. The Bertz CT molecular complexity index is 1030. The molecule has 0 unspecified atom stereocenters. The molecule has 0 atom stereocenters. The largest absolute Gasteiger partial charge is 0.478 e. The van der Waals surface area contributed by atoms with Gasteiger partial charge >= 0.3 is 0 Å². The number of ether oxygens (including phenoxy) is 1. The van der Waals surface area contributed by atoms with Gasteiger partial charge in [0.15, 0.2) is 0 Å². The van der Waals surface area contributed by atoms with E-state index in [0.717, 1.165) is 23.8 Å². The third-order valence-electron chi connectivity index (χ3n) is 3.84. The van der Waals surface area contributed by atoms with E-state index in [1.807, 2.05) is 0 Å². The van der Waals surface area contributed by atoms with Crippen LogP contribution >= 0.6 is 0 Å². The van der Waals surface area contributed by atoms with Gasteiger partial charge in [0.05, 0.1) is 18.8 Å². The Morgan fingerprint density at radius 2 is 1.85 bits per heavy atom. The van der Waals surface area contributed by atoms with Gasteiger partial charge in [-0.15, -0.1) is 0 Å². The minimum Gasteiger partial charge on any atom is -0.478 e. The van der Waals surface area contributed by atoms with Gasteiger partial charge in [-0.25, -0.2) is 13.5 Å². The summed E-state index contributed by atoms with van der Waals surface area (Å²) in [5, 5.41) is 12.1. The first-order valence-electron chi connectivity index (χ1n) is 8.31. The lowest BCUT2D eigenvalue weighted by Gasteiger charge is -2.10. The third-order valence-corrected chi connectivity index (χ3v) is 3.84. The molecule has 0 fully saturated rings. The fourth-order valence-electron chi connectivity index (χ4n) is 2.63. The van der Waals surface area contributed by atoms with Gasteiger partial charge in [0.25, 0.3) is 5.56 Å². The molecule has 0 saturated heterocycles. The summed E-state index contributed by atoms with van der Waals surface area (Å²) in [5.41, 5.74) is 1.51. The highest BCUT2D eigenvalue weighted by Crippen LogP contribution is 2.18. The predicted octanol–water partition coefficient (Wildman–Crippen LogP) is 3.60. The lowest BCUT2D eigenvalue weighted by atomic mass is 10.1. The molecule has 3 aromatic rings. The van der Waals surface area contributed by atoms with Crippen LogP contribution in [0.4, 0.5) is 8.78 Å². The summed E-state index contributed by atoms with van der Waals surface area (Å²) in [5.74, 6) is -1.39. The van der Waals surface area contributed by atoms with Crippen LogP contribution in [0.25, 0.3) is 11.3 Å². The van der Waals surface area contributed by atoms with Crippen LogP contribution in [-0.2, 0) is 11.3 Å². The number of benzene rings is 2. The number of nitrogens with zero attached hydrogens (tertiary/aromatic N) is 2. The molecule has 3 rings (SSSR count). The second-order valence-corrected chi connectivity index (χ2v) is 5.84. The molecule has 2 aromatic carbocycles. The van der Waals surface area contributed by atoms with Crippen LogP contribution in [0.5, 0.6) is 0 Å². The molecule has 27 heavy (non-hydrogen) atoms. The minimum absolute atomic E-state index is 0.0450. The van der Waals surface area contributed by atoms with Crippen LogP contribution in [0.2, 0.25) is 0 Å². The average Bonchev–Trinajstić information content (AvgIpc) is 2.63. The molecule has 0 saturated carbocycles. The fourth-order valence-corrected chi connectivity index (χ4v) is 2.63. The Morgan fingerprint density at radius 3 is 2.56 bits per heavy atom. The van der Waals surface area contributed by atoms with E-state index in [9.17, 15) is 13.6 Å². The van der Waals surface area contributed by atoms with Gasteiger partial charge in [0.1, 0.15) is 11.6 Å². The highest BCUT2D eigenvalue weighted by atomic mass is 19.1. The lowest BCUT2D eigenvalue weighted by molar-refractivity contribution is 0.325. The summed E-state index contributed by atoms with van der Waals surface area (Å²) in [6.45, 7) is 2.33. The molecular formula is C20H17F2N3O2. The van der Waals surface area contributed by atoms with Crippen LogP contribution in [0.15, 0.2) is 59.4 Å². The Morgan fingerprint density at radius 1 is 1.11 bits per heavy atom. The molecule has 1 aromatic heterocycles. The van der Waals surface area contributed by atoms with E-state index in [0.29, 0.717) is 12.2 Å². The smallest absolute Gasteiger partial charge is 0.267 e. The Balaban J connectivity index is 1.93. The number of halogens is 2. The quantitative estimate of drug-likeness (QED) is 0.552. The monoisotopic (exact) mass is 369 g/mol. The van der Waals surface area contributed by atoms with Crippen molar-refractivity contribution in [2.45, 2.75) is 13.5 Å². The molecule has 7 heteroatoms. The van der Waals surface area contributed by atoms with Crippen molar-refractivity contribution < 1.29 is 13.5 Å². The van der Waals surface area contributed by atoms with Crippen LogP contribution in [0.1, 0.15) is 18.1 Å². The molecule has 0 amide bonds. The van der Waals surface area contributed by atoms with Crippen molar-refractivity contribution in [3.8, 4) is 11.3 Å². The van der Waals surface area contributed by atoms with Crippen molar-refractivity contribution in [3.63, 3.8) is 0 Å². The van der Waals surface area contributed by atoms with Gasteiger partial charge < -0.3 is 4.74 Å². The summed E-state index contributed by atoms with van der Waals surface area (Å²) in [6, 6.07) is 12.9. The number of aromatic nitrogens is 2. The first kappa shape index (κ1) is 18.4. The summed E-state index contributed by atoms with van der Waals surface area (Å²) < 4.78 is 33.3. The normalized spacial score (nSPS) is 10.6. The predicted molar refractivity (Wildman–Crippen MR) is 97.8 cm³/mol. The van der Waals surface area contributed by atoms with E-state index < -0.39 is 11.6 Å². The maximum Gasteiger partial charge on any atom is 0.267 e. The molecular weight excluding hydrogens is 352 g/mol. The molecule has 5 nitrogen and oxygen atoms in total. The van der Waals surface area contributed by atoms with Gasteiger partial charge in [-0.2, -0.15) is 5.10 Å². The third kappa shape index (κ3) is 4.44. The van der Waals surface area contributed by atoms with Crippen molar-refractivity contribution in [2.24, 2.45) is 0 Å². The highest BCUT2D eigenvalue weighted by Gasteiger charge is 2.09. The molecule has 1 N–H and O–H groups in total. The van der Waals surface area contributed by atoms with Crippen LogP contribution < -0.4 is 5.56 Å². The van der Waals surface area contributed by atoms with Crippen LogP contribution in [0.3, 0.4) is 0 Å². The SMILES string of the molecule is CCOC(=N)c1cccc(Cn2nc(-c3cc(F)cc(F)c3)ccc2=O)c1. The van der Waals surface area contributed by atoms with Gasteiger partial charge in [0, 0.05) is 23.3 Å². The van der Waals surface area contributed by atoms with Gasteiger partial charge in [0.2, 0.25) is 5.90 Å². The van der Waals surface area contributed by atoms with Crippen LogP contribution in [0, 0.1) is 17.0 Å². The van der Waals surface area contributed by atoms with E-state index in [2.05, 4.69) is 5.10 Å². The zero-order chi connectivity index (χ0) is 19.4. The fraction of sp³-hybridized carbons (Fsp3) is 0.150. The zero-order valence-electron chi connectivity index (χ0n) is 14.6. The molecule has 0 bridgehead atoms. The maximum atomic E-state index is 13.5. The van der Waals surface area contributed by atoms with Crippen molar-refractivity contribution in [3.05, 3.63) is 87.7 Å². The van der Waals surface area contributed by atoms with Crippen molar-refractivity contribution in [2.75, 3.05) is 6.61 Å². The first-order valence-corrected chi connectivity index (χ1v) is 8.31. The lowest BCUT2D eigenvalue weighted by Crippen LogP contribution is -2.23. The molecule has 1 heterocycles. The summed E-state index contributed by atoms with van der Waals surface area (Å²) in [4.78, 5) is 12.1. The van der Waals surface area contributed by atoms with Gasteiger partial charge in [-0.05, 0) is 42.8 Å². The second kappa shape index (κ2) is 7.90. The number of hydrogen-bond donors (Lipinski definition) is 1. The van der Waals surface area contributed by atoms with E-state index in [1.54, 1.807) is 31.2 Å². The molecule has 0 aliphatic carbocycles. The van der Waals surface area contributed by atoms with E-state index in [1.165, 1.54) is 16.8 Å². The molecule has 0 radical (unpaired) electrons. The van der Waals surface area contributed by atoms with Gasteiger partial charge in [-0.1, -0.05) is 12.1 Å². The Hall–Kier alpha value is -3.35. The summed E-state index contributed by atoms with van der Waals surface area (Å²) in [7, 11) is 0. The van der Waals surface area contributed by atoms with E-state index in [4.69, 9.17) is 10.1 Å². The van der Waals surface area contributed by atoms with Crippen molar-refractivity contribution in [1.82, 2.24) is 9.78 Å². The van der Waals surface area contributed by atoms with E-state index >= 15 is 0 Å². The summed E-state index contributed by atoms with van der Waals surface area (Å²) in [6.07, 6.45) is 0. The zero-order valence-corrected chi connectivity index (χ0v) is 14.6.